The maximum atomic E-state index is 12.9. The number of carbonyl (C=O) groups excluding carboxylic acids is 1. The number of benzene rings is 3. The molecule has 3 aromatic heterocycles. The van der Waals surface area contributed by atoms with Gasteiger partial charge in [-0.1, -0.05) is 48.0 Å². The first-order valence-electron chi connectivity index (χ1n) is 14.1. The Kier molecular flexibility index (Phi) is 7.86. The number of pyridine rings is 2. The lowest BCUT2D eigenvalue weighted by Crippen LogP contribution is -2.31. The van der Waals surface area contributed by atoms with Gasteiger partial charge in [0, 0.05) is 61.0 Å². The normalized spacial score (nSPS) is 12.6. The van der Waals surface area contributed by atoms with E-state index >= 15 is 0 Å². The molecule has 0 fully saturated rings. The van der Waals surface area contributed by atoms with Crippen LogP contribution < -0.4 is 10.9 Å². The predicted molar refractivity (Wildman–Crippen MR) is 172 cm³/mol. The molecular weight excluding hydrogens is 574 g/mol. The standard InChI is InChI=1S/C35H30ClN5O3/c1-40-22-37-21-32(40)35(44,25-11-9-23(10-12-25)34(43)39-17-15-28-8-3-4-16-38-28)26-13-14-31-30(19-26)29(20-33(42)41(31)2)24-6-5-7-27(36)18-24/h3-14,16,18-22,44H,15,17H2,1-2H3,(H,39,43). The maximum Gasteiger partial charge on any atom is 0.251 e. The monoisotopic (exact) mass is 603 g/mol. The molecule has 0 saturated carbocycles. The van der Waals surface area contributed by atoms with Gasteiger partial charge in [-0.05, 0) is 70.8 Å². The highest BCUT2D eigenvalue weighted by Gasteiger charge is 2.37. The van der Waals surface area contributed by atoms with Crippen molar-refractivity contribution in [1.82, 2.24) is 24.4 Å². The van der Waals surface area contributed by atoms with E-state index in [2.05, 4.69) is 15.3 Å². The van der Waals surface area contributed by atoms with E-state index in [0.717, 1.165) is 16.6 Å². The number of aromatic nitrogens is 4. The average Bonchev–Trinajstić information content (AvgIpc) is 3.49. The Morgan fingerprint density at radius 2 is 1.75 bits per heavy atom. The van der Waals surface area contributed by atoms with Gasteiger partial charge in [0.15, 0.2) is 5.60 Å². The fourth-order valence-corrected chi connectivity index (χ4v) is 5.75. The number of aryl methyl sites for hydroxylation is 2. The van der Waals surface area contributed by atoms with E-state index in [-0.39, 0.29) is 11.5 Å². The van der Waals surface area contributed by atoms with Crippen LogP contribution in [0.25, 0.3) is 22.0 Å². The van der Waals surface area contributed by atoms with Gasteiger partial charge in [-0.15, -0.1) is 0 Å². The Bertz CT molecular complexity index is 2040. The molecule has 1 amide bonds. The molecule has 0 aliphatic rings. The summed E-state index contributed by atoms with van der Waals surface area (Å²) in [6.45, 7) is 0.450. The summed E-state index contributed by atoms with van der Waals surface area (Å²) in [5.74, 6) is -0.214. The zero-order valence-electron chi connectivity index (χ0n) is 24.2. The lowest BCUT2D eigenvalue weighted by Gasteiger charge is -2.30. The second-order valence-corrected chi connectivity index (χ2v) is 11.1. The van der Waals surface area contributed by atoms with Gasteiger partial charge in [0.1, 0.15) is 0 Å². The van der Waals surface area contributed by atoms with E-state index in [9.17, 15) is 14.7 Å². The molecule has 44 heavy (non-hydrogen) atoms. The molecule has 1 atom stereocenters. The van der Waals surface area contributed by atoms with Crippen molar-refractivity contribution >= 4 is 28.4 Å². The number of aliphatic hydroxyl groups is 1. The van der Waals surface area contributed by atoms with Gasteiger partial charge in [0.2, 0.25) is 0 Å². The van der Waals surface area contributed by atoms with Gasteiger partial charge in [-0.25, -0.2) is 4.98 Å². The Hall–Kier alpha value is -5.05. The van der Waals surface area contributed by atoms with Crippen molar-refractivity contribution < 1.29 is 9.90 Å². The molecule has 8 nitrogen and oxygen atoms in total. The Morgan fingerprint density at radius 1 is 0.955 bits per heavy atom. The van der Waals surface area contributed by atoms with E-state index < -0.39 is 5.60 Å². The maximum absolute atomic E-state index is 12.9. The summed E-state index contributed by atoms with van der Waals surface area (Å²) in [5, 5.41) is 16.9. The van der Waals surface area contributed by atoms with Crippen molar-refractivity contribution in [1.29, 1.82) is 0 Å². The first-order chi connectivity index (χ1) is 21.3. The van der Waals surface area contributed by atoms with Crippen LogP contribution in [0.5, 0.6) is 0 Å². The van der Waals surface area contributed by atoms with E-state index in [1.165, 1.54) is 0 Å². The van der Waals surface area contributed by atoms with Gasteiger partial charge < -0.3 is 19.6 Å². The quantitative estimate of drug-likeness (QED) is 0.248. The third-order valence-corrected chi connectivity index (χ3v) is 8.18. The van der Waals surface area contributed by atoms with Crippen molar-refractivity contribution in [3.8, 4) is 11.1 Å². The highest BCUT2D eigenvalue weighted by molar-refractivity contribution is 6.30. The molecule has 0 aliphatic carbocycles. The van der Waals surface area contributed by atoms with Crippen LogP contribution in [0.3, 0.4) is 0 Å². The smallest absolute Gasteiger partial charge is 0.251 e. The van der Waals surface area contributed by atoms with Gasteiger partial charge in [0.25, 0.3) is 11.5 Å². The third-order valence-electron chi connectivity index (χ3n) is 7.94. The Morgan fingerprint density at radius 3 is 2.45 bits per heavy atom. The van der Waals surface area contributed by atoms with Crippen molar-refractivity contribution in [2.75, 3.05) is 6.54 Å². The number of amides is 1. The summed E-state index contributed by atoms with van der Waals surface area (Å²) in [5.41, 5.74) is 3.46. The fraction of sp³-hybridized carbons (Fsp3) is 0.143. The van der Waals surface area contributed by atoms with Crippen LogP contribution in [0.1, 0.15) is 32.9 Å². The van der Waals surface area contributed by atoms with Gasteiger partial charge in [-0.2, -0.15) is 0 Å². The molecule has 3 heterocycles. The molecule has 6 aromatic rings. The number of fused-ring (bicyclic) bond motifs is 1. The van der Waals surface area contributed by atoms with Crippen LogP contribution in [0.2, 0.25) is 5.02 Å². The Balaban J connectivity index is 1.41. The van der Waals surface area contributed by atoms with E-state index in [1.807, 2.05) is 61.6 Å². The topological polar surface area (TPSA) is 102 Å². The number of hydrogen-bond donors (Lipinski definition) is 2. The minimum absolute atomic E-state index is 0.156. The number of nitrogens with zero attached hydrogens (tertiary/aromatic N) is 4. The molecule has 2 N–H and O–H groups in total. The summed E-state index contributed by atoms with van der Waals surface area (Å²) in [7, 11) is 3.54. The van der Waals surface area contributed by atoms with Crippen LogP contribution in [0.4, 0.5) is 0 Å². The fourth-order valence-electron chi connectivity index (χ4n) is 5.56. The SMILES string of the molecule is Cn1cncc1C(O)(c1ccc(C(=O)NCCc2ccccn2)cc1)c1ccc2c(c1)c(-c1cccc(Cl)c1)cc(=O)n2C. The molecule has 220 valence electrons. The lowest BCUT2D eigenvalue weighted by atomic mass is 9.82. The second kappa shape index (κ2) is 11.9. The summed E-state index contributed by atoms with van der Waals surface area (Å²) in [6, 6.07) is 27.1. The zero-order valence-corrected chi connectivity index (χ0v) is 25.0. The molecule has 6 rings (SSSR count). The number of halogens is 1. The van der Waals surface area contributed by atoms with Crippen LogP contribution >= 0.6 is 11.6 Å². The summed E-state index contributed by atoms with van der Waals surface area (Å²) < 4.78 is 3.35. The predicted octanol–water partition coefficient (Wildman–Crippen LogP) is 5.24. The van der Waals surface area contributed by atoms with Crippen molar-refractivity contribution in [3.63, 3.8) is 0 Å². The molecule has 9 heteroatoms. The van der Waals surface area contributed by atoms with Crippen LogP contribution in [-0.4, -0.2) is 36.7 Å². The summed E-state index contributed by atoms with van der Waals surface area (Å²) in [6.07, 6.45) is 5.61. The first-order valence-corrected chi connectivity index (χ1v) is 14.5. The van der Waals surface area contributed by atoms with Crippen molar-refractivity contribution in [2.45, 2.75) is 12.0 Å². The van der Waals surface area contributed by atoms with Crippen LogP contribution in [-0.2, 0) is 26.1 Å². The van der Waals surface area contributed by atoms with Crippen LogP contribution in [0.15, 0.2) is 115 Å². The molecule has 0 bridgehead atoms. The molecule has 0 aliphatic heterocycles. The Labute approximate surface area is 259 Å². The summed E-state index contributed by atoms with van der Waals surface area (Å²) >= 11 is 6.31. The molecule has 0 spiro atoms. The zero-order chi connectivity index (χ0) is 30.8. The van der Waals surface area contributed by atoms with E-state index in [0.29, 0.717) is 51.5 Å². The highest BCUT2D eigenvalue weighted by Crippen LogP contribution is 2.39. The minimum Gasteiger partial charge on any atom is -0.374 e. The number of carbonyl (C=O) groups is 1. The number of nitrogens with one attached hydrogen (secondary N) is 1. The molecule has 3 aromatic carbocycles. The molecule has 0 radical (unpaired) electrons. The number of rotatable bonds is 8. The van der Waals surface area contributed by atoms with Gasteiger partial charge in [0.05, 0.1) is 23.7 Å². The second-order valence-electron chi connectivity index (χ2n) is 10.7. The van der Waals surface area contributed by atoms with Crippen LogP contribution in [0, 0.1) is 0 Å². The summed E-state index contributed by atoms with van der Waals surface area (Å²) in [4.78, 5) is 34.4. The largest absolute Gasteiger partial charge is 0.374 e. The minimum atomic E-state index is -1.63. The molecular formula is C35H30ClN5O3. The first kappa shape index (κ1) is 29.0. The highest BCUT2D eigenvalue weighted by atomic mass is 35.5. The third kappa shape index (κ3) is 5.41. The number of hydrogen-bond acceptors (Lipinski definition) is 5. The van der Waals surface area contributed by atoms with Gasteiger partial charge >= 0.3 is 0 Å². The van der Waals surface area contributed by atoms with Crippen molar-refractivity contribution in [3.05, 3.63) is 153 Å². The van der Waals surface area contributed by atoms with Crippen molar-refractivity contribution in [2.24, 2.45) is 14.1 Å². The van der Waals surface area contributed by atoms with E-state index in [1.54, 1.807) is 71.3 Å². The van der Waals surface area contributed by atoms with Gasteiger partial charge in [-0.3, -0.25) is 14.6 Å². The number of imidazole rings is 1. The molecule has 0 saturated heterocycles. The van der Waals surface area contributed by atoms with E-state index in [4.69, 9.17) is 11.6 Å². The average molecular weight is 604 g/mol. The molecule has 1 unspecified atom stereocenters. The lowest BCUT2D eigenvalue weighted by molar-refractivity contribution is 0.0953.